The zero-order chi connectivity index (χ0) is 42.9. The lowest BCUT2D eigenvalue weighted by Gasteiger charge is -2.60. The van der Waals surface area contributed by atoms with Gasteiger partial charge >= 0.3 is 0 Å². The number of aliphatic hydroxyl groups excluding tert-OH is 2. The van der Waals surface area contributed by atoms with Gasteiger partial charge in [0.05, 0.1) is 18.2 Å². The van der Waals surface area contributed by atoms with Crippen molar-refractivity contribution in [2.24, 2.45) is 22.9 Å². The minimum absolute atomic E-state index is 0.0977. The van der Waals surface area contributed by atoms with Crippen LogP contribution in [0.3, 0.4) is 0 Å². The van der Waals surface area contributed by atoms with Gasteiger partial charge in [-0.05, 0) is 96.2 Å². The van der Waals surface area contributed by atoms with Gasteiger partial charge in [0.15, 0.2) is 0 Å². The zero-order valence-corrected chi connectivity index (χ0v) is 36.2. The van der Waals surface area contributed by atoms with Crippen LogP contribution in [0.1, 0.15) is 85.7 Å². The lowest BCUT2D eigenvalue weighted by atomic mass is 9.55. The standard InChI is InChI=1S/C52H63N3O7/c1-3-24-55(51(58)41-21-20-38-16-8-9-17-39(38)32-41)48-35-46(53-61-36-37-14-6-5-7-15-37)44-33-40(18-10-12-28-56)43(19-11-13-29-57)49-45-34-42(59-31-27-54-25-26-54)22-23-47(45)62-52(48,50(44)49)60-30-4-2/h4-9,14-17,20-23,32-34,40,43,48-50,56-57H,2-3,10-13,18-19,24-31,35-36H2,1H3/t40-,43+,48-,49+,50+,52+/m0/s1. The number of unbranched alkanes of at least 4 members (excludes halogenated alkanes) is 2. The van der Waals surface area contributed by atoms with Gasteiger partial charge in [0.2, 0.25) is 5.79 Å². The van der Waals surface area contributed by atoms with Crippen LogP contribution in [0, 0.1) is 17.8 Å². The van der Waals surface area contributed by atoms with Crippen molar-refractivity contribution in [1.82, 2.24) is 9.80 Å². The first-order valence-corrected chi connectivity index (χ1v) is 22.9. The molecule has 2 N–H and O–H groups in total. The molecule has 6 atom stereocenters. The normalized spacial score (nSPS) is 24.4. The van der Waals surface area contributed by atoms with E-state index in [2.05, 4.69) is 36.6 Å². The first-order chi connectivity index (χ1) is 30.5. The Kier molecular flexibility index (Phi) is 14.4. The summed E-state index contributed by atoms with van der Waals surface area (Å²) in [7, 11) is 0. The van der Waals surface area contributed by atoms with Gasteiger partial charge in [-0.2, -0.15) is 0 Å². The summed E-state index contributed by atoms with van der Waals surface area (Å²) in [5, 5.41) is 27.0. The summed E-state index contributed by atoms with van der Waals surface area (Å²) in [6.07, 6.45) is 10.1. The van der Waals surface area contributed by atoms with E-state index in [0.29, 0.717) is 51.0 Å². The summed E-state index contributed by atoms with van der Waals surface area (Å²) in [6.45, 7) is 11.1. The summed E-state index contributed by atoms with van der Waals surface area (Å²) in [5.74, 6) is -0.176. The third-order valence-electron chi connectivity index (χ3n) is 13.2. The molecule has 0 bridgehead atoms. The lowest BCUT2D eigenvalue weighted by molar-refractivity contribution is -0.254. The number of aliphatic hydroxyl groups is 2. The molecular formula is C52H63N3O7. The molecule has 2 fully saturated rings. The van der Waals surface area contributed by atoms with E-state index in [4.69, 9.17) is 24.2 Å². The predicted octanol–water partition coefficient (Wildman–Crippen LogP) is 8.92. The maximum absolute atomic E-state index is 15.2. The highest BCUT2D eigenvalue weighted by molar-refractivity contribution is 6.04. The van der Waals surface area contributed by atoms with Gasteiger partial charge < -0.3 is 34.2 Å². The highest BCUT2D eigenvalue weighted by atomic mass is 16.7. The molecule has 2 aliphatic carbocycles. The van der Waals surface area contributed by atoms with Crippen molar-refractivity contribution in [3.05, 3.63) is 132 Å². The minimum atomic E-state index is -1.33. The molecule has 8 rings (SSSR count). The second-order valence-corrected chi connectivity index (χ2v) is 17.3. The SMILES string of the molecule is C=CCO[C@@]12Oc3ccc(OCCN4CC4)cc3[C@H]3[C@H](CCCCO)[C@@H](CCCCO)C=C(C(=NOCc4ccccc4)C[C@@H]1N(CCC)C(=O)c1ccc4ccccc4c1)[C@H]32. The monoisotopic (exact) mass is 841 g/mol. The molecule has 4 aliphatic rings. The van der Waals surface area contributed by atoms with E-state index in [-0.39, 0.29) is 43.5 Å². The van der Waals surface area contributed by atoms with Gasteiger partial charge in [0, 0.05) is 62.9 Å². The number of hydrogen-bond acceptors (Lipinski definition) is 9. The summed E-state index contributed by atoms with van der Waals surface area (Å²) >= 11 is 0. The van der Waals surface area contributed by atoms with Crippen molar-refractivity contribution in [2.45, 2.75) is 82.6 Å². The fraction of sp³-hybridized carbons (Fsp3) is 0.462. The van der Waals surface area contributed by atoms with Crippen LogP contribution in [0.2, 0.25) is 0 Å². The van der Waals surface area contributed by atoms with Gasteiger partial charge in [-0.25, -0.2) is 0 Å². The number of benzene rings is 4. The first-order valence-electron chi connectivity index (χ1n) is 22.9. The summed E-state index contributed by atoms with van der Waals surface area (Å²) in [6, 6.07) is 29.7. The topological polar surface area (TPSA) is 113 Å². The van der Waals surface area contributed by atoms with Crippen LogP contribution < -0.4 is 9.47 Å². The van der Waals surface area contributed by atoms with E-state index in [1.807, 2.05) is 83.8 Å². The number of fused-ring (bicyclic) bond motifs is 3. The molecule has 328 valence electrons. The number of hydrogen-bond donors (Lipinski definition) is 2. The first kappa shape index (κ1) is 43.6. The second-order valence-electron chi connectivity index (χ2n) is 17.3. The van der Waals surface area contributed by atoms with E-state index >= 15 is 4.79 Å². The number of carbonyl (C=O) groups is 1. The Morgan fingerprint density at radius 1 is 0.952 bits per heavy atom. The van der Waals surface area contributed by atoms with E-state index in [9.17, 15) is 10.2 Å². The molecule has 2 aliphatic heterocycles. The van der Waals surface area contributed by atoms with Crippen LogP contribution in [0.15, 0.2) is 120 Å². The van der Waals surface area contributed by atoms with Crippen LogP contribution in [-0.4, -0.2) is 96.1 Å². The summed E-state index contributed by atoms with van der Waals surface area (Å²) in [4.78, 5) is 25.9. The molecule has 0 spiro atoms. The van der Waals surface area contributed by atoms with E-state index < -0.39 is 17.7 Å². The number of carbonyl (C=O) groups excluding carboxylic acids is 1. The van der Waals surface area contributed by atoms with Gasteiger partial charge in [0.1, 0.15) is 30.8 Å². The number of oxime groups is 1. The average Bonchev–Trinajstić information content (AvgIpc) is 4.13. The van der Waals surface area contributed by atoms with E-state index in [1.165, 1.54) is 0 Å². The number of rotatable bonds is 22. The van der Waals surface area contributed by atoms with Crippen LogP contribution >= 0.6 is 0 Å². The molecule has 0 radical (unpaired) electrons. The quantitative estimate of drug-likeness (QED) is 0.0349. The summed E-state index contributed by atoms with van der Waals surface area (Å²) < 4.78 is 21.1. The maximum atomic E-state index is 15.2. The largest absolute Gasteiger partial charge is 0.492 e. The van der Waals surface area contributed by atoms with Crippen LogP contribution in [0.25, 0.3) is 10.8 Å². The van der Waals surface area contributed by atoms with E-state index in [0.717, 1.165) is 90.0 Å². The average molecular weight is 842 g/mol. The molecule has 62 heavy (non-hydrogen) atoms. The Balaban J connectivity index is 1.31. The summed E-state index contributed by atoms with van der Waals surface area (Å²) in [5.41, 5.74) is 4.46. The predicted molar refractivity (Wildman–Crippen MR) is 243 cm³/mol. The Bertz CT molecular complexity index is 2200. The molecular weight excluding hydrogens is 779 g/mol. The van der Waals surface area contributed by atoms with Gasteiger partial charge in [-0.1, -0.05) is 97.7 Å². The Labute approximate surface area is 366 Å². The second kappa shape index (κ2) is 20.5. The molecule has 4 aromatic rings. The minimum Gasteiger partial charge on any atom is -0.492 e. The third-order valence-corrected chi connectivity index (χ3v) is 13.2. The Morgan fingerprint density at radius 3 is 2.48 bits per heavy atom. The van der Waals surface area contributed by atoms with Gasteiger partial charge in [-0.15, -0.1) is 6.58 Å². The lowest BCUT2D eigenvalue weighted by Crippen LogP contribution is -2.70. The van der Waals surface area contributed by atoms with Gasteiger partial charge in [-0.3, -0.25) is 9.69 Å². The van der Waals surface area contributed by atoms with Crippen molar-refractivity contribution in [3.8, 4) is 11.5 Å². The molecule has 1 saturated carbocycles. The van der Waals surface area contributed by atoms with Crippen LogP contribution in [0.4, 0.5) is 0 Å². The number of nitrogens with zero attached hydrogens (tertiary/aromatic N) is 3. The molecule has 2 heterocycles. The molecule has 1 saturated heterocycles. The third kappa shape index (κ3) is 9.49. The van der Waals surface area contributed by atoms with Crippen molar-refractivity contribution in [3.63, 3.8) is 0 Å². The number of ether oxygens (including phenoxy) is 3. The fourth-order valence-electron chi connectivity index (χ4n) is 10.2. The maximum Gasteiger partial charge on any atom is 0.254 e. The molecule has 0 unspecified atom stereocenters. The van der Waals surface area contributed by atoms with Crippen molar-refractivity contribution >= 4 is 22.4 Å². The van der Waals surface area contributed by atoms with Crippen LogP contribution in [0.5, 0.6) is 11.5 Å². The van der Waals surface area contributed by atoms with Crippen molar-refractivity contribution < 1.29 is 34.1 Å². The van der Waals surface area contributed by atoms with Crippen molar-refractivity contribution in [2.75, 3.05) is 52.6 Å². The molecule has 0 aromatic heterocycles. The Morgan fingerprint density at radius 2 is 1.73 bits per heavy atom. The Hall–Kier alpha value is -5.00. The number of amides is 1. The van der Waals surface area contributed by atoms with Gasteiger partial charge in [0.25, 0.3) is 5.91 Å². The molecule has 10 nitrogen and oxygen atoms in total. The molecule has 10 heteroatoms. The zero-order valence-electron chi connectivity index (χ0n) is 36.2. The number of allylic oxidation sites excluding steroid dienone is 1. The van der Waals surface area contributed by atoms with Crippen molar-refractivity contribution in [1.29, 1.82) is 0 Å². The van der Waals surface area contributed by atoms with Crippen LogP contribution in [-0.2, 0) is 16.2 Å². The smallest absolute Gasteiger partial charge is 0.254 e. The highest BCUT2D eigenvalue weighted by Crippen LogP contribution is 2.62. The highest BCUT2D eigenvalue weighted by Gasteiger charge is 2.65. The van der Waals surface area contributed by atoms with E-state index in [1.54, 1.807) is 6.08 Å². The fourth-order valence-corrected chi connectivity index (χ4v) is 10.2. The molecule has 4 aromatic carbocycles. The molecule has 1 amide bonds.